The van der Waals surface area contributed by atoms with Crippen LogP contribution in [0.25, 0.3) is 11.1 Å². The van der Waals surface area contributed by atoms with E-state index in [0.29, 0.717) is 0 Å². The maximum Gasteiger partial charge on any atom is 0.123 e. The minimum atomic E-state index is 0.0903. The second-order valence-electron chi connectivity index (χ2n) is 5.96. The summed E-state index contributed by atoms with van der Waals surface area (Å²) in [4.78, 5) is 0. The Morgan fingerprint density at radius 1 is 1.11 bits per heavy atom. The van der Waals surface area contributed by atoms with E-state index in [1.807, 2.05) is 12.1 Å². The molecule has 3 rings (SSSR count). The first kappa shape index (κ1) is 12.1. The summed E-state index contributed by atoms with van der Waals surface area (Å²) < 4.78 is 5.73. The van der Waals surface area contributed by atoms with Crippen LogP contribution in [-0.4, -0.2) is 6.61 Å². The first-order chi connectivity index (χ1) is 8.97. The summed E-state index contributed by atoms with van der Waals surface area (Å²) in [5, 5.41) is 0. The molecule has 2 N–H and O–H groups in total. The fraction of sp³-hybridized carbons (Fsp3) is 0.294. The van der Waals surface area contributed by atoms with Crippen molar-refractivity contribution >= 4 is 5.69 Å². The first-order valence-corrected chi connectivity index (χ1v) is 6.61. The number of nitrogen functional groups attached to an aromatic ring is 1. The van der Waals surface area contributed by atoms with E-state index in [4.69, 9.17) is 10.5 Å². The van der Waals surface area contributed by atoms with Gasteiger partial charge in [-0.15, -0.1) is 0 Å². The smallest absolute Gasteiger partial charge is 0.123 e. The summed E-state index contributed by atoms with van der Waals surface area (Å²) in [5.74, 6) is 1.02. The van der Waals surface area contributed by atoms with Crippen molar-refractivity contribution in [1.82, 2.24) is 0 Å². The van der Waals surface area contributed by atoms with Gasteiger partial charge in [0.2, 0.25) is 0 Å². The molecule has 2 heteroatoms. The van der Waals surface area contributed by atoms with Crippen molar-refractivity contribution in [3.8, 4) is 16.9 Å². The van der Waals surface area contributed by atoms with Gasteiger partial charge in [-0.2, -0.15) is 0 Å². The molecule has 0 saturated carbocycles. The highest BCUT2D eigenvalue weighted by molar-refractivity contribution is 5.71. The lowest BCUT2D eigenvalue weighted by atomic mass is 9.85. The second-order valence-corrected chi connectivity index (χ2v) is 5.96. The van der Waals surface area contributed by atoms with Crippen LogP contribution in [0.5, 0.6) is 5.75 Å². The minimum absolute atomic E-state index is 0.0903. The number of rotatable bonds is 1. The zero-order valence-corrected chi connectivity index (χ0v) is 11.7. The molecule has 2 aromatic rings. The Bertz CT molecular complexity index is 644. The van der Waals surface area contributed by atoms with Crippen LogP contribution in [0, 0.1) is 6.92 Å². The highest BCUT2D eigenvalue weighted by Gasteiger charge is 2.31. The number of aryl methyl sites for hydroxylation is 1. The van der Waals surface area contributed by atoms with Gasteiger partial charge in [0.1, 0.15) is 5.75 Å². The molecule has 98 valence electrons. The van der Waals surface area contributed by atoms with Crippen LogP contribution in [0.2, 0.25) is 0 Å². The molecule has 0 radical (unpaired) electrons. The Morgan fingerprint density at radius 3 is 2.63 bits per heavy atom. The van der Waals surface area contributed by atoms with Crippen LogP contribution in [-0.2, 0) is 5.41 Å². The molecule has 0 aromatic heterocycles. The Kier molecular flexibility index (Phi) is 2.56. The standard InChI is InChI=1S/C17H19NO/c1-11-8-13(18)5-6-14(11)12-4-7-16-15(9-12)17(2,3)10-19-16/h4-9H,10,18H2,1-3H3. The monoisotopic (exact) mass is 253 g/mol. The topological polar surface area (TPSA) is 35.2 Å². The molecule has 0 bridgehead atoms. The molecular formula is C17H19NO. The average Bonchev–Trinajstić information content (AvgIpc) is 2.65. The maximum absolute atomic E-state index is 5.82. The van der Waals surface area contributed by atoms with Gasteiger partial charge in [-0.3, -0.25) is 0 Å². The van der Waals surface area contributed by atoms with Gasteiger partial charge in [0.15, 0.2) is 0 Å². The maximum atomic E-state index is 5.82. The third kappa shape index (κ3) is 1.97. The van der Waals surface area contributed by atoms with Crippen molar-refractivity contribution in [3.63, 3.8) is 0 Å². The third-order valence-corrected chi connectivity index (χ3v) is 3.86. The number of ether oxygens (including phenoxy) is 1. The Morgan fingerprint density at radius 2 is 1.89 bits per heavy atom. The van der Waals surface area contributed by atoms with Crippen LogP contribution >= 0.6 is 0 Å². The summed E-state index contributed by atoms with van der Waals surface area (Å²) in [6.45, 7) is 7.30. The Balaban J connectivity index is 2.13. The first-order valence-electron chi connectivity index (χ1n) is 6.61. The van der Waals surface area contributed by atoms with Crippen LogP contribution in [0.4, 0.5) is 5.69 Å². The molecule has 0 spiro atoms. The zero-order chi connectivity index (χ0) is 13.6. The van der Waals surface area contributed by atoms with E-state index in [2.05, 4.69) is 45.0 Å². The van der Waals surface area contributed by atoms with Crippen LogP contribution in [0.1, 0.15) is 25.0 Å². The highest BCUT2D eigenvalue weighted by atomic mass is 16.5. The molecule has 19 heavy (non-hydrogen) atoms. The average molecular weight is 253 g/mol. The van der Waals surface area contributed by atoms with E-state index in [0.717, 1.165) is 18.0 Å². The third-order valence-electron chi connectivity index (χ3n) is 3.86. The van der Waals surface area contributed by atoms with Crippen molar-refractivity contribution in [2.45, 2.75) is 26.2 Å². The summed E-state index contributed by atoms with van der Waals surface area (Å²) in [5.41, 5.74) is 11.7. The molecule has 2 nitrogen and oxygen atoms in total. The number of nitrogens with two attached hydrogens (primary N) is 1. The van der Waals surface area contributed by atoms with Gasteiger partial charge in [-0.1, -0.05) is 26.0 Å². The van der Waals surface area contributed by atoms with E-state index in [-0.39, 0.29) is 5.41 Å². The quantitative estimate of drug-likeness (QED) is 0.782. The van der Waals surface area contributed by atoms with Crippen LogP contribution in [0.3, 0.4) is 0 Å². The SMILES string of the molecule is Cc1cc(N)ccc1-c1ccc2c(c1)C(C)(C)CO2. The van der Waals surface area contributed by atoms with E-state index in [1.54, 1.807) is 0 Å². The second kappa shape index (κ2) is 4.02. The molecule has 0 amide bonds. The summed E-state index contributed by atoms with van der Waals surface area (Å²) >= 11 is 0. The van der Waals surface area contributed by atoms with Crippen molar-refractivity contribution in [3.05, 3.63) is 47.5 Å². The summed E-state index contributed by atoms with van der Waals surface area (Å²) in [6.07, 6.45) is 0. The van der Waals surface area contributed by atoms with E-state index >= 15 is 0 Å². The molecule has 1 aliphatic rings. The number of hydrogen-bond acceptors (Lipinski definition) is 2. The molecule has 0 atom stereocenters. The van der Waals surface area contributed by atoms with Gasteiger partial charge < -0.3 is 10.5 Å². The van der Waals surface area contributed by atoms with Crippen LogP contribution < -0.4 is 10.5 Å². The number of fused-ring (bicyclic) bond motifs is 1. The molecule has 0 aliphatic carbocycles. The molecular weight excluding hydrogens is 234 g/mol. The lowest BCUT2D eigenvalue weighted by Crippen LogP contribution is -2.18. The van der Waals surface area contributed by atoms with Gasteiger partial charge >= 0.3 is 0 Å². The highest BCUT2D eigenvalue weighted by Crippen LogP contribution is 2.41. The molecule has 0 unspecified atom stereocenters. The summed E-state index contributed by atoms with van der Waals surface area (Å²) in [7, 11) is 0. The van der Waals surface area contributed by atoms with Gasteiger partial charge in [0.25, 0.3) is 0 Å². The lowest BCUT2D eigenvalue weighted by molar-refractivity contribution is 0.291. The van der Waals surface area contributed by atoms with E-state index < -0.39 is 0 Å². The largest absolute Gasteiger partial charge is 0.492 e. The van der Waals surface area contributed by atoms with Gasteiger partial charge in [-0.05, 0) is 47.9 Å². The molecule has 0 fully saturated rings. The lowest BCUT2D eigenvalue weighted by Gasteiger charge is -2.16. The van der Waals surface area contributed by atoms with Crippen molar-refractivity contribution in [2.24, 2.45) is 0 Å². The Hall–Kier alpha value is -1.96. The van der Waals surface area contributed by atoms with Crippen LogP contribution in [0.15, 0.2) is 36.4 Å². The Labute approximate surface area is 114 Å². The normalized spacial score (nSPS) is 15.9. The fourth-order valence-corrected chi connectivity index (χ4v) is 2.70. The predicted molar refractivity (Wildman–Crippen MR) is 79.5 cm³/mol. The van der Waals surface area contributed by atoms with Crippen molar-refractivity contribution in [1.29, 1.82) is 0 Å². The molecule has 2 aromatic carbocycles. The number of hydrogen-bond donors (Lipinski definition) is 1. The van der Waals surface area contributed by atoms with Crippen molar-refractivity contribution < 1.29 is 4.74 Å². The van der Waals surface area contributed by atoms with E-state index in [9.17, 15) is 0 Å². The van der Waals surface area contributed by atoms with Gasteiger partial charge in [-0.25, -0.2) is 0 Å². The number of anilines is 1. The minimum Gasteiger partial charge on any atom is -0.492 e. The summed E-state index contributed by atoms with van der Waals surface area (Å²) in [6, 6.07) is 12.5. The molecule has 1 heterocycles. The predicted octanol–water partition coefficient (Wildman–Crippen LogP) is 3.91. The zero-order valence-electron chi connectivity index (χ0n) is 11.7. The molecule has 1 aliphatic heterocycles. The van der Waals surface area contributed by atoms with E-state index in [1.165, 1.54) is 22.3 Å². The van der Waals surface area contributed by atoms with Gasteiger partial charge in [0, 0.05) is 16.7 Å². The number of benzene rings is 2. The van der Waals surface area contributed by atoms with Gasteiger partial charge in [0.05, 0.1) is 6.61 Å². The molecule has 0 saturated heterocycles. The fourth-order valence-electron chi connectivity index (χ4n) is 2.70. The van der Waals surface area contributed by atoms with Crippen molar-refractivity contribution in [2.75, 3.05) is 12.3 Å².